The van der Waals surface area contributed by atoms with Gasteiger partial charge in [0.1, 0.15) is 4.75 Å². The Morgan fingerprint density at radius 2 is 1.26 bits per heavy atom. The van der Waals surface area contributed by atoms with Crippen LogP contribution in [-0.2, 0) is 20.0 Å². The molecule has 2 aliphatic carbocycles. The van der Waals surface area contributed by atoms with Gasteiger partial charge in [-0.3, -0.25) is 4.79 Å². The lowest BCUT2D eigenvalue weighted by Crippen LogP contribution is -2.36. The molecule has 43 heavy (non-hydrogen) atoms. The number of carbonyl (C=O) groups is 3. The van der Waals surface area contributed by atoms with E-state index in [4.69, 9.17) is 9.47 Å². The Morgan fingerprint density at radius 3 is 1.81 bits per heavy atom. The number of ketones is 1. The molecule has 0 N–H and O–H groups in total. The summed E-state index contributed by atoms with van der Waals surface area (Å²) in [5.41, 5.74) is 2.29. The van der Waals surface area contributed by atoms with Crippen molar-refractivity contribution < 1.29 is 32.3 Å². The van der Waals surface area contributed by atoms with Gasteiger partial charge >= 0.3 is 11.9 Å². The first kappa shape index (κ1) is 28.6. The summed E-state index contributed by atoms with van der Waals surface area (Å²) in [6.45, 7) is 5.41. The van der Waals surface area contributed by atoms with Crippen LogP contribution in [0.3, 0.4) is 0 Å². The number of benzene rings is 4. The average molecular weight is 595 g/mol. The van der Waals surface area contributed by atoms with Crippen molar-refractivity contribution in [3.63, 3.8) is 0 Å². The third-order valence-corrected chi connectivity index (χ3v) is 11.5. The van der Waals surface area contributed by atoms with Crippen molar-refractivity contribution in [2.45, 2.75) is 55.1 Å². The molecule has 218 valence electrons. The third-order valence-electron chi connectivity index (χ3n) is 8.68. The molecule has 2 aliphatic rings. The minimum Gasteiger partial charge on any atom is -0.419 e. The zero-order valence-electron chi connectivity index (χ0n) is 24.0. The van der Waals surface area contributed by atoms with Gasteiger partial charge in [0.15, 0.2) is 27.1 Å². The average Bonchev–Trinajstić information content (AvgIpc) is 3.61. The summed E-state index contributed by atoms with van der Waals surface area (Å²) in [6, 6.07) is 25.1. The second-order valence-corrected chi connectivity index (χ2v) is 13.5. The molecule has 2 fully saturated rings. The number of sulfone groups is 1. The second kappa shape index (κ2) is 10.3. The van der Waals surface area contributed by atoms with Gasteiger partial charge in [0.2, 0.25) is 0 Å². The van der Waals surface area contributed by atoms with E-state index in [1.807, 2.05) is 19.1 Å². The maximum Gasteiger partial charge on any atom is 0.343 e. The number of hydrogen-bond donors (Lipinski definition) is 0. The Hall–Kier alpha value is -4.56. The molecule has 0 bridgehead atoms. The van der Waals surface area contributed by atoms with E-state index in [1.165, 1.54) is 6.07 Å². The Bertz CT molecular complexity index is 1870. The van der Waals surface area contributed by atoms with E-state index in [0.29, 0.717) is 28.7 Å². The highest BCUT2D eigenvalue weighted by Gasteiger charge is 2.82. The number of rotatable bonds is 7. The quantitative estimate of drug-likeness (QED) is 0.184. The van der Waals surface area contributed by atoms with Crippen LogP contribution < -0.4 is 9.47 Å². The third kappa shape index (κ3) is 4.48. The van der Waals surface area contributed by atoms with Gasteiger partial charge in [0.05, 0.1) is 16.0 Å². The van der Waals surface area contributed by atoms with Gasteiger partial charge < -0.3 is 9.47 Å². The molecule has 4 aromatic rings. The fourth-order valence-electron chi connectivity index (χ4n) is 6.75. The maximum absolute atomic E-state index is 14.4. The van der Waals surface area contributed by atoms with Gasteiger partial charge in [0.25, 0.3) is 0 Å². The zero-order chi connectivity index (χ0) is 30.6. The number of ether oxygens (including phenoxy) is 2. The van der Waals surface area contributed by atoms with Crippen LogP contribution in [0.25, 0.3) is 0 Å². The lowest BCUT2D eigenvalue weighted by Gasteiger charge is -2.22. The number of fused-ring (bicyclic) bond motifs is 1. The highest BCUT2D eigenvalue weighted by atomic mass is 32.2. The zero-order valence-corrected chi connectivity index (χ0v) is 24.9. The van der Waals surface area contributed by atoms with E-state index < -0.39 is 31.9 Å². The molecule has 0 radical (unpaired) electrons. The van der Waals surface area contributed by atoms with Crippen LogP contribution in [0.5, 0.6) is 11.5 Å². The van der Waals surface area contributed by atoms with Crippen LogP contribution in [0.15, 0.2) is 95.9 Å². The summed E-state index contributed by atoms with van der Waals surface area (Å²) in [6.07, 6.45) is 0.584. The molecule has 0 amide bonds. The topological polar surface area (TPSA) is 104 Å². The van der Waals surface area contributed by atoms with E-state index in [-0.39, 0.29) is 40.6 Å². The molecule has 8 heteroatoms. The molecule has 0 aliphatic heterocycles. The number of hydrogen-bond acceptors (Lipinski definition) is 7. The Labute approximate surface area is 250 Å². The van der Waals surface area contributed by atoms with Gasteiger partial charge in [-0.25, -0.2) is 18.0 Å². The fraction of sp³-hybridized carbons (Fsp3) is 0.229. The summed E-state index contributed by atoms with van der Waals surface area (Å²) >= 11 is 0. The number of aryl methyl sites for hydroxylation is 3. The van der Waals surface area contributed by atoms with Crippen molar-refractivity contribution in [2.75, 3.05) is 0 Å². The number of carbonyl (C=O) groups excluding carboxylic acids is 3. The molecular weight excluding hydrogens is 564 g/mol. The van der Waals surface area contributed by atoms with E-state index in [2.05, 4.69) is 0 Å². The smallest absolute Gasteiger partial charge is 0.343 e. The van der Waals surface area contributed by atoms with E-state index in [1.54, 1.807) is 86.6 Å². The van der Waals surface area contributed by atoms with E-state index in [9.17, 15) is 22.8 Å². The molecule has 2 saturated carbocycles. The maximum atomic E-state index is 14.4. The predicted octanol–water partition coefficient (Wildman–Crippen LogP) is 6.27. The van der Waals surface area contributed by atoms with Crippen molar-refractivity contribution in [1.82, 2.24) is 0 Å². The predicted molar refractivity (Wildman–Crippen MR) is 160 cm³/mol. The molecular formula is C35H30O7S. The monoisotopic (exact) mass is 594 g/mol. The molecule has 6 rings (SSSR count). The van der Waals surface area contributed by atoms with Crippen molar-refractivity contribution >= 4 is 27.6 Å². The molecule has 0 spiro atoms. The van der Waals surface area contributed by atoms with Gasteiger partial charge in [-0.2, -0.15) is 0 Å². The second-order valence-electron chi connectivity index (χ2n) is 11.4. The molecule has 2 atom stereocenters. The SMILES string of the molecule is Cc1cc(C)c(S(=O)(=O)[C@]23C[C@@]2(c2ccc(OC(=O)c4ccccc4)c(OC(=O)c4ccccc4)c2)CCC3=O)c(C)c1. The largest absolute Gasteiger partial charge is 0.419 e. The molecule has 0 saturated heterocycles. The van der Waals surface area contributed by atoms with Crippen molar-refractivity contribution in [3.8, 4) is 11.5 Å². The fourth-order valence-corrected chi connectivity index (χ4v) is 9.63. The van der Waals surface area contributed by atoms with Crippen LogP contribution in [-0.4, -0.2) is 30.9 Å². The Morgan fingerprint density at radius 1 is 0.721 bits per heavy atom. The first-order valence-electron chi connectivity index (χ1n) is 14.0. The summed E-state index contributed by atoms with van der Waals surface area (Å²) in [5.74, 6) is -1.66. The van der Waals surface area contributed by atoms with Gasteiger partial charge in [-0.1, -0.05) is 60.2 Å². The summed E-state index contributed by atoms with van der Waals surface area (Å²) in [4.78, 5) is 39.7. The van der Waals surface area contributed by atoms with Crippen LogP contribution in [0.2, 0.25) is 0 Å². The standard InChI is InChI=1S/C35H30O7S/c1-22-18-23(2)31(24(3)19-22)43(39,40)35-21-34(35,17-16-30(35)36)27-14-15-28(41-32(37)25-10-6-4-7-11-25)29(20-27)42-33(38)26-12-8-5-9-13-26/h4-15,18-20H,16-17,21H2,1-3H3/t34-,35+/m1/s1. The highest BCUT2D eigenvalue weighted by Crippen LogP contribution is 2.71. The lowest BCUT2D eigenvalue weighted by molar-refractivity contribution is -0.118. The molecule has 7 nitrogen and oxygen atoms in total. The summed E-state index contributed by atoms with van der Waals surface area (Å²) < 4.78 is 38.6. The van der Waals surface area contributed by atoms with Crippen molar-refractivity contribution in [3.05, 3.63) is 124 Å². The minimum atomic E-state index is -4.08. The normalized spacial score (nSPS) is 20.8. The van der Waals surface area contributed by atoms with Crippen molar-refractivity contribution in [2.24, 2.45) is 0 Å². The van der Waals surface area contributed by atoms with Crippen LogP contribution >= 0.6 is 0 Å². The van der Waals surface area contributed by atoms with E-state index in [0.717, 1.165) is 5.56 Å². The molecule has 0 aromatic heterocycles. The minimum absolute atomic E-state index is 0.00179. The lowest BCUT2D eigenvalue weighted by atomic mass is 9.93. The van der Waals surface area contributed by atoms with Gasteiger partial charge in [-0.05, 0) is 86.7 Å². The Kier molecular flexibility index (Phi) is 6.85. The Balaban J connectivity index is 1.43. The summed E-state index contributed by atoms with van der Waals surface area (Å²) in [7, 11) is -4.08. The van der Waals surface area contributed by atoms with Crippen LogP contribution in [0.4, 0.5) is 0 Å². The van der Waals surface area contributed by atoms with Crippen LogP contribution in [0.1, 0.15) is 62.2 Å². The van der Waals surface area contributed by atoms with Crippen LogP contribution in [0, 0.1) is 20.8 Å². The first-order chi connectivity index (χ1) is 20.5. The van der Waals surface area contributed by atoms with Gasteiger partial charge in [0, 0.05) is 11.8 Å². The first-order valence-corrected chi connectivity index (χ1v) is 15.5. The summed E-state index contributed by atoms with van der Waals surface area (Å²) in [5, 5.41) is 0. The number of esters is 2. The molecule has 0 unspecified atom stereocenters. The van der Waals surface area contributed by atoms with Gasteiger partial charge in [-0.15, -0.1) is 0 Å². The number of Topliss-reactive ketones (excluding diaryl/α,β-unsaturated/α-hetero) is 1. The molecule has 4 aromatic carbocycles. The highest BCUT2D eigenvalue weighted by molar-refractivity contribution is 7.94. The van der Waals surface area contributed by atoms with E-state index >= 15 is 0 Å². The van der Waals surface area contributed by atoms with Crippen molar-refractivity contribution in [1.29, 1.82) is 0 Å². The molecule has 0 heterocycles.